The molecule has 2 aromatic heterocycles. The molecule has 0 aliphatic heterocycles. The highest BCUT2D eigenvalue weighted by Gasteiger charge is 2.19. The minimum atomic E-state index is -0.397. The summed E-state index contributed by atoms with van der Waals surface area (Å²) in [4.78, 5) is 0. The number of rotatable bonds is 3. The highest BCUT2D eigenvalue weighted by molar-refractivity contribution is 6.16. The molecule has 0 aliphatic rings. The number of fused-ring (bicyclic) bond motifs is 6. The third-order valence-corrected chi connectivity index (χ3v) is 7.22. The molecule has 38 heavy (non-hydrogen) atoms. The van der Waals surface area contributed by atoms with Crippen molar-refractivity contribution in [2.45, 2.75) is 0 Å². The fraction of sp³-hybridized carbons (Fsp3) is 0. The van der Waals surface area contributed by atoms with Crippen LogP contribution in [-0.4, -0.2) is 9.13 Å². The maximum absolute atomic E-state index is 9.27. The van der Waals surface area contributed by atoms with Crippen molar-refractivity contribution in [1.29, 1.82) is 0 Å². The van der Waals surface area contributed by atoms with Gasteiger partial charge in [-0.3, -0.25) is 0 Å². The predicted molar refractivity (Wildman–Crippen MR) is 161 cm³/mol. The summed E-state index contributed by atoms with van der Waals surface area (Å²) in [6.45, 7) is 0. The smallest absolute Gasteiger partial charge is 0.0645 e. The van der Waals surface area contributed by atoms with Gasteiger partial charge in [-0.05, 0) is 53.5 Å². The normalized spacial score (nSPS) is 14.3. The maximum atomic E-state index is 9.27. The van der Waals surface area contributed by atoms with Gasteiger partial charge >= 0.3 is 0 Å². The number of aromatic nitrogens is 2. The van der Waals surface area contributed by atoms with Crippen LogP contribution in [0.15, 0.2) is 145 Å². The van der Waals surface area contributed by atoms with Gasteiger partial charge in [0.05, 0.1) is 37.3 Å². The van der Waals surface area contributed by atoms with Crippen molar-refractivity contribution < 1.29 is 9.60 Å². The van der Waals surface area contributed by atoms with E-state index in [0.717, 1.165) is 32.9 Å². The minimum Gasteiger partial charge on any atom is -0.309 e. The van der Waals surface area contributed by atoms with Crippen LogP contribution in [0.3, 0.4) is 0 Å². The van der Waals surface area contributed by atoms with E-state index in [1.54, 1.807) is 4.57 Å². The van der Waals surface area contributed by atoms with E-state index in [1.807, 2.05) is 108 Å². The molecule has 2 heteroatoms. The Morgan fingerprint density at radius 3 is 1.89 bits per heavy atom. The van der Waals surface area contributed by atoms with Crippen LogP contribution in [0.5, 0.6) is 0 Å². The summed E-state index contributed by atoms with van der Waals surface area (Å²) in [6.07, 6.45) is 0. The second-order valence-electron chi connectivity index (χ2n) is 9.29. The van der Waals surface area contributed by atoms with Gasteiger partial charge in [0.1, 0.15) is 0 Å². The molecule has 8 aromatic rings. The highest BCUT2D eigenvalue weighted by Crippen LogP contribution is 2.40. The zero-order valence-electron chi connectivity index (χ0n) is 27.2. The summed E-state index contributed by atoms with van der Waals surface area (Å²) >= 11 is 0. The molecular weight excluding hydrogens is 460 g/mol. The van der Waals surface area contributed by atoms with Gasteiger partial charge in [0.25, 0.3) is 0 Å². The van der Waals surface area contributed by atoms with Crippen molar-refractivity contribution in [2.75, 3.05) is 0 Å². The molecule has 0 saturated carbocycles. The summed E-state index contributed by atoms with van der Waals surface area (Å²) in [6, 6.07) is 31.0. The third-order valence-electron chi connectivity index (χ3n) is 7.22. The molecule has 0 radical (unpaired) electrons. The van der Waals surface area contributed by atoms with Gasteiger partial charge < -0.3 is 9.13 Å². The van der Waals surface area contributed by atoms with Crippen LogP contribution in [0.1, 0.15) is 9.60 Å². The lowest BCUT2D eigenvalue weighted by atomic mass is 10.1. The lowest BCUT2D eigenvalue weighted by Crippen LogP contribution is -1.96. The van der Waals surface area contributed by atoms with E-state index in [2.05, 4.69) is 0 Å². The number of hydrogen-bond donors (Lipinski definition) is 0. The molecule has 2 heterocycles. The molecule has 6 aromatic carbocycles. The van der Waals surface area contributed by atoms with Gasteiger partial charge in [0, 0.05) is 27.2 Å². The molecule has 0 unspecified atom stereocenters. The van der Waals surface area contributed by atoms with Gasteiger partial charge in [-0.1, -0.05) is 103 Å². The van der Waals surface area contributed by atoms with Crippen molar-refractivity contribution in [3.63, 3.8) is 0 Å². The van der Waals surface area contributed by atoms with Gasteiger partial charge in [-0.15, -0.1) is 0 Å². The van der Waals surface area contributed by atoms with Crippen LogP contribution in [0.25, 0.3) is 66.1 Å². The van der Waals surface area contributed by atoms with E-state index in [-0.39, 0.29) is 46.6 Å². The lowest BCUT2D eigenvalue weighted by Gasteiger charge is -2.12. The van der Waals surface area contributed by atoms with Crippen molar-refractivity contribution in [3.05, 3.63) is 145 Å². The molecule has 0 saturated heterocycles. The number of benzene rings is 6. The zero-order valence-corrected chi connectivity index (χ0v) is 20.2. The number of nitrogens with zero attached hydrogens (tertiary/aromatic N) is 2. The Bertz CT molecular complexity index is 2460. The summed E-state index contributed by atoms with van der Waals surface area (Å²) in [7, 11) is 0. The van der Waals surface area contributed by atoms with Crippen molar-refractivity contribution in [2.24, 2.45) is 0 Å². The van der Waals surface area contributed by atoms with E-state index in [9.17, 15) is 2.74 Å². The highest BCUT2D eigenvalue weighted by atomic mass is 15.0. The first-order valence-corrected chi connectivity index (χ1v) is 12.5. The second-order valence-corrected chi connectivity index (χ2v) is 9.29. The van der Waals surface area contributed by atoms with E-state index >= 15 is 0 Å². The monoisotopic (exact) mass is 491 g/mol. The summed E-state index contributed by atoms with van der Waals surface area (Å²) in [5.41, 5.74) is 4.77. The van der Waals surface area contributed by atoms with Crippen LogP contribution in [-0.2, 0) is 0 Å². The second kappa shape index (κ2) is 8.22. The topological polar surface area (TPSA) is 9.86 Å². The van der Waals surface area contributed by atoms with Gasteiger partial charge in [0.15, 0.2) is 0 Å². The van der Waals surface area contributed by atoms with E-state index in [0.29, 0.717) is 16.8 Å². The Balaban J connectivity index is 1.64. The van der Waals surface area contributed by atoms with E-state index in [1.165, 1.54) is 0 Å². The summed E-state index contributed by atoms with van der Waals surface area (Å²) in [5, 5.41) is 2.44. The number of para-hydroxylation sites is 3. The Hall–Kier alpha value is -5.08. The molecular formula is C36H24N2. The molecule has 0 atom stereocenters. The zero-order chi connectivity index (χ0) is 31.1. The predicted octanol–water partition coefficient (Wildman–Crippen LogP) is 9.55. The van der Waals surface area contributed by atoms with Crippen LogP contribution in [0.2, 0.25) is 0 Å². The molecule has 8 rings (SSSR count). The van der Waals surface area contributed by atoms with Crippen molar-refractivity contribution >= 4 is 43.6 Å². The fourth-order valence-electron chi connectivity index (χ4n) is 5.60. The van der Waals surface area contributed by atoms with Gasteiger partial charge in [-0.2, -0.15) is 0 Å². The van der Waals surface area contributed by atoms with Crippen molar-refractivity contribution in [1.82, 2.24) is 9.13 Å². The first-order valence-electron chi connectivity index (χ1n) is 16.0. The van der Waals surface area contributed by atoms with Crippen LogP contribution >= 0.6 is 0 Å². The molecule has 2 nitrogen and oxygen atoms in total. The average molecular weight is 492 g/mol. The van der Waals surface area contributed by atoms with E-state index in [4.69, 9.17) is 6.85 Å². The first kappa shape index (κ1) is 15.2. The maximum Gasteiger partial charge on any atom is 0.0645 e. The quantitative estimate of drug-likeness (QED) is 0.233. The lowest BCUT2D eigenvalue weighted by molar-refractivity contribution is 1.17. The van der Waals surface area contributed by atoms with Crippen LogP contribution < -0.4 is 0 Å². The third kappa shape index (κ3) is 3.01. The Morgan fingerprint density at radius 2 is 1.11 bits per heavy atom. The van der Waals surface area contributed by atoms with E-state index < -0.39 is 12.1 Å². The van der Waals surface area contributed by atoms with Crippen LogP contribution in [0, 0.1) is 0 Å². The molecule has 0 N–H and O–H groups in total. The SMILES string of the molecule is [2H]c1c([2H])c([2H])c2c(c1[2H])c1c(-n3c4ccccc4c4ccccc43)c([2H])c([2H])c([2H])c1n2-c1cccc(-c2ccccc2)c1. The molecule has 0 fully saturated rings. The Kier molecular flexibility index (Phi) is 3.30. The Morgan fingerprint density at radius 1 is 0.447 bits per heavy atom. The number of hydrogen-bond acceptors (Lipinski definition) is 0. The summed E-state index contributed by atoms with van der Waals surface area (Å²) < 4.78 is 66.5. The largest absolute Gasteiger partial charge is 0.309 e. The summed E-state index contributed by atoms with van der Waals surface area (Å²) in [5.74, 6) is 0. The first-order chi connectivity index (χ1) is 21.8. The molecule has 178 valence electrons. The average Bonchev–Trinajstić information content (AvgIpc) is 3.60. The van der Waals surface area contributed by atoms with Gasteiger partial charge in [0.2, 0.25) is 0 Å². The fourth-order valence-corrected chi connectivity index (χ4v) is 5.60. The molecule has 0 bridgehead atoms. The minimum absolute atomic E-state index is 0.191. The van der Waals surface area contributed by atoms with Crippen molar-refractivity contribution in [3.8, 4) is 22.5 Å². The van der Waals surface area contributed by atoms with Gasteiger partial charge in [-0.25, -0.2) is 0 Å². The molecule has 0 spiro atoms. The standard InChI is InChI=1S/C36H24N2/c1-2-12-25(13-3-1)26-14-10-15-27(24-26)37-33-21-9-6-18-30(33)36-34(37)22-11-23-35(36)38-31-19-7-4-16-28(31)29-17-5-8-20-32(29)38/h1-24H/i6D,9D,11D,18D,21D,22D,23D. The Labute approximate surface area is 230 Å². The van der Waals surface area contributed by atoms with Crippen LogP contribution in [0.4, 0.5) is 0 Å². The molecule has 0 aliphatic carbocycles. The molecule has 0 amide bonds.